The van der Waals surface area contributed by atoms with Gasteiger partial charge in [-0.05, 0) is 37.5 Å². The third kappa shape index (κ3) is 1.99. The van der Waals surface area contributed by atoms with Crippen molar-refractivity contribution in [2.24, 2.45) is 0 Å². The molecule has 0 N–H and O–H groups in total. The number of rotatable bonds is 2. The van der Waals surface area contributed by atoms with Crippen molar-refractivity contribution in [3.8, 4) is 5.75 Å². The Morgan fingerprint density at radius 3 is 2.12 bits per heavy atom. The lowest BCUT2D eigenvalue weighted by atomic mass is 9.78. The van der Waals surface area contributed by atoms with Gasteiger partial charge >= 0.3 is 0 Å². The van der Waals surface area contributed by atoms with Gasteiger partial charge in [0.1, 0.15) is 5.75 Å². The van der Waals surface area contributed by atoms with Crippen LogP contribution in [0.4, 0.5) is 5.69 Å². The van der Waals surface area contributed by atoms with Gasteiger partial charge in [-0.2, -0.15) is 0 Å². The number of fused-ring (bicyclic) bond motifs is 2. The summed E-state index contributed by atoms with van der Waals surface area (Å²) in [7, 11) is 5.32. The van der Waals surface area contributed by atoms with Gasteiger partial charge in [0.05, 0.1) is 23.9 Å². The van der Waals surface area contributed by atoms with E-state index in [1.807, 2.05) is 51.9 Å². The molecule has 0 amide bonds. The van der Waals surface area contributed by atoms with Crippen LogP contribution in [0.3, 0.4) is 0 Å². The lowest BCUT2D eigenvalue weighted by molar-refractivity contribution is 0.0976. The van der Waals surface area contributed by atoms with Crippen LogP contribution >= 0.6 is 0 Å². The first kappa shape index (κ1) is 16.2. The molecule has 1 aliphatic carbocycles. The van der Waals surface area contributed by atoms with E-state index in [-0.39, 0.29) is 11.6 Å². The summed E-state index contributed by atoms with van der Waals surface area (Å²) in [6.45, 7) is 5.74. The average Bonchev–Trinajstić information content (AvgIpc) is 2.53. The zero-order valence-corrected chi connectivity index (χ0v) is 14.9. The van der Waals surface area contributed by atoms with Gasteiger partial charge in [0.25, 0.3) is 0 Å². The van der Waals surface area contributed by atoms with Gasteiger partial charge in [-0.15, -0.1) is 0 Å². The maximum atomic E-state index is 13.2. The number of nitrogens with zero attached hydrogens (tertiary/aromatic N) is 1. The first-order valence-electron chi connectivity index (χ1n) is 7.88. The molecular weight excluding hydrogens is 302 g/mol. The van der Waals surface area contributed by atoms with Crippen LogP contribution in [0.1, 0.15) is 48.5 Å². The molecule has 124 valence electrons. The van der Waals surface area contributed by atoms with E-state index in [1.54, 1.807) is 13.2 Å². The number of hydrogen-bond acceptors (Lipinski definition) is 4. The van der Waals surface area contributed by atoms with Crippen molar-refractivity contribution in [2.75, 3.05) is 26.1 Å². The van der Waals surface area contributed by atoms with Gasteiger partial charge in [0, 0.05) is 25.2 Å². The normalized spacial score (nSPS) is 12.8. The van der Waals surface area contributed by atoms with E-state index in [0.29, 0.717) is 28.0 Å². The van der Waals surface area contributed by atoms with E-state index in [1.165, 1.54) is 0 Å². The molecule has 0 radical (unpaired) electrons. The Kier molecular flexibility index (Phi) is 3.71. The summed E-state index contributed by atoms with van der Waals surface area (Å²) >= 11 is 0. The molecule has 0 heterocycles. The van der Waals surface area contributed by atoms with Gasteiger partial charge in [-0.3, -0.25) is 9.59 Å². The second kappa shape index (κ2) is 5.48. The Morgan fingerprint density at radius 1 is 0.875 bits per heavy atom. The molecule has 0 spiro atoms. The Bertz CT molecular complexity index is 894. The number of methoxy groups -OCH3 is 1. The van der Waals surface area contributed by atoms with Crippen molar-refractivity contribution < 1.29 is 14.3 Å². The Balaban J connectivity index is 2.50. The molecule has 24 heavy (non-hydrogen) atoms. The Morgan fingerprint density at radius 2 is 1.54 bits per heavy atom. The number of aryl methyl sites for hydroxylation is 1. The van der Waals surface area contributed by atoms with E-state index in [2.05, 4.69) is 0 Å². The summed E-state index contributed by atoms with van der Waals surface area (Å²) in [4.78, 5) is 28.4. The highest BCUT2D eigenvalue weighted by atomic mass is 16.5. The monoisotopic (exact) mass is 323 g/mol. The lowest BCUT2D eigenvalue weighted by Gasteiger charge is -2.29. The minimum atomic E-state index is -0.138. The first-order chi connectivity index (χ1) is 11.3. The van der Waals surface area contributed by atoms with Crippen LogP contribution in [0.2, 0.25) is 0 Å². The van der Waals surface area contributed by atoms with Gasteiger partial charge in [0.2, 0.25) is 0 Å². The average molecular weight is 323 g/mol. The molecule has 0 unspecified atom stereocenters. The second-order valence-electron chi connectivity index (χ2n) is 6.43. The molecule has 0 fully saturated rings. The molecule has 3 rings (SSSR count). The molecule has 1 aliphatic rings. The van der Waals surface area contributed by atoms with Crippen LogP contribution in [0, 0.1) is 20.8 Å². The number of benzene rings is 2. The molecule has 0 bridgehead atoms. The van der Waals surface area contributed by atoms with Crippen LogP contribution in [0.15, 0.2) is 18.2 Å². The topological polar surface area (TPSA) is 46.6 Å². The standard InChI is InChI=1S/C20H21NO3/c1-10-8-7-9-13-14(10)19(23)16-15(18(13)22)17(21(4)5)11(2)12(3)20(16)24-6/h7-9H,1-6H3. The fourth-order valence-corrected chi connectivity index (χ4v) is 3.62. The summed E-state index contributed by atoms with van der Waals surface area (Å²) in [5, 5.41) is 0. The third-order valence-corrected chi connectivity index (χ3v) is 4.82. The predicted molar refractivity (Wildman–Crippen MR) is 94.8 cm³/mol. The van der Waals surface area contributed by atoms with Crippen molar-refractivity contribution in [2.45, 2.75) is 20.8 Å². The second-order valence-corrected chi connectivity index (χ2v) is 6.43. The summed E-state index contributed by atoms with van der Waals surface area (Å²) in [6, 6.07) is 5.40. The molecule has 0 saturated heterocycles. The predicted octanol–water partition coefficient (Wildman–Crippen LogP) is 3.46. The Hall–Kier alpha value is -2.62. The number of carbonyl (C=O) groups is 2. The fraction of sp³-hybridized carbons (Fsp3) is 0.300. The SMILES string of the molecule is COc1c(C)c(C)c(N(C)C)c2c1C(=O)c1c(C)cccc1C2=O. The van der Waals surface area contributed by atoms with Gasteiger partial charge in [-0.25, -0.2) is 0 Å². The van der Waals surface area contributed by atoms with E-state index in [0.717, 1.165) is 22.4 Å². The number of carbonyl (C=O) groups excluding carboxylic acids is 2. The zero-order chi connectivity index (χ0) is 17.8. The smallest absolute Gasteiger partial charge is 0.198 e. The minimum Gasteiger partial charge on any atom is -0.496 e. The molecule has 0 saturated carbocycles. The number of anilines is 1. The van der Waals surface area contributed by atoms with Crippen molar-refractivity contribution in [3.05, 3.63) is 57.1 Å². The first-order valence-corrected chi connectivity index (χ1v) is 7.88. The van der Waals surface area contributed by atoms with E-state index < -0.39 is 0 Å². The highest BCUT2D eigenvalue weighted by Crippen LogP contribution is 2.43. The van der Waals surface area contributed by atoms with E-state index in [9.17, 15) is 9.59 Å². The van der Waals surface area contributed by atoms with Crippen LogP contribution in [0.25, 0.3) is 0 Å². The van der Waals surface area contributed by atoms with E-state index >= 15 is 0 Å². The number of ether oxygens (including phenoxy) is 1. The highest BCUT2D eigenvalue weighted by molar-refractivity contribution is 6.32. The molecule has 0 atom stereocenters. The van der Waals surface area contributed by atoms with Gasteiger partial charge in [-0.1, -0.05) is 18.2 Å². The molecular formula is C20H21NO3. The molecule has 2 aromatic rings. The fourth-order valence-electron chi connectivity index (χ4n) is 3.62. The lowest BCUT2D eigenvalue weighted by Crippen LogP contribution is -2.27. The van der Waals surface area contributed by atoms with Crippen LogP contribution in [0.5, 0.6) is 5.75 Å². The molecule has 4 heteroatoms. The van der Waals surface area contributed by atoms with Gasteiger partial charge in [0.15, 0.2) is 11.6 Å². The summed E-state index contributed by atoms with van der Waals surface area (Å²) in [6.07, 6.45) is 0. The van der Waals surface area contributed by atoms with Crippen LogP contribution < -0.4 is 9.64 Å². The van der Waals surface area contributed by atoms with E-state index in [4.69, 9.17) is 4.74 Å². The number of ketones is 2. The van der Waals surface area contributed by atoms with Crippen molar-refractivity contribution in [3.63, 3.8) is 0 Å². The maximum Gasteiger partial charge on any atom is 0.198 e. The molecule has 4 nitrogen and oxygen atoms in total. The Labute approximate surface area is 142 Å². The quantitative estimate of drug-likeness (QED) is 0.724. The molecule has 0 aliphatic heterocycles. The minimum absolute atomic E-state index is 0.117. The summed E-state index contributed by atoms with van der Waals surface area (Å²) in [5.41, 5.74) is 5.23. The van der Waals surface area contributed by atoms with Crippen molar-refractivity contribution in [1.82, 2.24) is 0 Å². The highest BCUT2D eigenvalue weighted by Gasteiger charge is 2.37. The van der Waals surface area contributed by atoms with Crippen LogP contribution in [-0.2, 0) is 0 Å². The number of hydrogen-bond donors (Lipinski definition) is 0. The van der Waals surface area contributed by atoms with Crippen molar-refractivity contribution in [1.29, 1.82) is 0 Å². The summed E-state index contributed by atoms with van der Waals surface area (Å²) in [5.74, 6) is 0.245. The third-order valence-electron chi connectivity index (χ3n) is 4.82. The zero-order valence-electron chi connectivity index (χ0n) is 14.9. The summed E-state index contributed by atoms with van der Waals surface area (Å²) < 4.78 is 5.54. The van der Waals surface area contributed by atoms with Gasteiger partial charge < -0.3 is 9.64 Å². The molecule has 2 aromatic carbocycles. The van der Waals surface area contributed by atoms with Crippen LogP contribution in [-0.4, -0.2) is 32.8 Å². The maximum absolute atomic E-state index is 13.2. The molecule has 0 aromatic heterocycles. The van der Waals surface area contributed by atoms with Crippen molar-refractivity contribution >= 4 is 17.3 Å². The largest absolute Gasteiger partial charge is 0.496 e.